The molecule has 0 bridgehead atoms. The number of nitrogens with two attached hydrogens (primary N) is 4. The van der Waals surface area contributed by atoms with Gasteiger partial charge < -0.3 is 43.4 Å². The summed E-state index contributed by atoms with van der Waals surface area (Å²) in [5.74, 6) is 1.96. The maximum Gasteiger partial charge on any atom is 0.0934 e. The van der Waals surface area contributed by atoms with Gasteiger partial charge in [-0.05, 0) is 270 Å². The van der Waals surface area contributed by atoms with Crippen LogP contribution in [0.1, 0.15) is 293 Å². The highest BCUT2D eigenvalue weighted by Crippen LogP contribution is 2.49. The van der Waals surface area contributed by atoms with E-state index in [0.29, 0.717) is 23.7 Å². The number of benzene rings is 4. The molecule has 0 radical (unpaired) electrons. The fourth-order valence-electron chi connectivity index (χ4n) is 18.2. The summed E-state index contributed by atoms with van der Waals surface area (Å²) in [5.41, 5.74) is 45.9. The second-order valence-corrected chi connectivity index (χ2v) is 37.2. The van der Waals surface area contributed by atoms with Gasteiger partial charge in [0.05, 0.1) is 88.7 Å². The number of aliphatic hydroxyl groups is 4. The van der Waals surface area contributed by atoms with E-state index in [-0.39, 0.29) is 48.6 Å². The van der Waals surface area contributed by atoms with Gasteiger partial charge in [-0.1, -0.05) is 152 Å². The van der Waals surface area contributed by atoms with E-state index in [9.17, 15) is 20.4 Å². The van der Waals surface area contributed by atoms with Crippen LogP contribution in [0.3, 0.4) is 0 Å². The first-order valence-corrected chi connectivity index (χ1v) is 43.8. The maximum atomic E-state index is 9.54. The van der Waals surface area contributed by atoms with Crippen LogP contribution in [-0.4, -0.2) is 88.9 Å². The third kappa shape index (κ3) is 18.0. The fourth-order valence-corrected chi connectivity index (χ4v) is 23.0. The van der Waals surface area contributed by atoms with Crippen molar-refractivity contribution in [1.82, 2.24) is 19.9 Å². The van der Waals surface area contributed by atoms with Crippen LogP contribution >= 0.6 is 45.3 Å². The summed E-state index contributed by atoms with van der Waals surface area (Å²) >= 11 is 7.62. The number of aryl methyl sites for hydroxylation is 12. The zero-order valence-electron chi connectivity index (χ0n) is 63.0. The summed E-state index contributed by atoms with van der Waals surface area (Å²) in [6.07, 6.45) is 40.0. The normalized spacial score (nSPS) is 24.5. The van der Waals surface area contributed by atoms with Crippen molar-refractivity contribution in [2.24, 2.45) is 22.9 Å². The molecule has 4 fully saturated rings. The molecular weight excluding hydrogens is 1360 g/mol. The Bertz CT molecular complexity index is 3660. The molecule has 0 amide bonds. The zero-order valence-corrected chi connectivity index (χ0v) is 66.3. The highest BCUT2D eigenvalue weighted by Gasteiger charge is 2.40. The van der Waals surface area contributed by atoms with E-state index in [1.54, 1.807) is 0 Å². The molecule has 12 N–H and O–H groups in total. The van der Waals surface area contributed by atoms with E-state index in [0.717, 1.165) is 154 Å². The first kappa shape index (κ1) is 77.2. The molecule has 0 aliphatic heterocycles. The standard InChI is InChI=1S/4C22H30N2OS/c4*1-2-3-4-5-20-24-19-9-7-16-12-15(6-8-18(16)21(19)26-20)17-10-11-22(23,13-17)14-25/h4*6,8,12,17,25H,2-5,7,9-11,13-14,23H2,1H3/t2*17-,22+;2*17-,22-/m1010/s1. The number of rotatable bonds is 24. The number of aromatic nitrogens is 4. The van der Waals surface area contributed by atoms with Gasteiger partial charge in [0, 0.05) is 22.2 Å². The number of nitrogens with zero attached hydrogens (tertiary/aromatic N) is 4. The van der Waals surface area contributed by atoms with Gasteiger partial charge in [-0.25, -0.2) is 19.9 Å². The molecule has 104 heavy (non-hydrogen) atoms. The predicted molar refractivity (Wildman–Crippen MR) is 435 cm³/mol. The summed E-state index contributed by atoms with van der Waals surface area (Å²) in [7, 11) is 0. The lowest BCUT2D eigenvalue weighted by Gasteiger charge is -2.22. The highest BCUT2D eigenvalue weighted by molar-refractivity contribution is 7.16. The summed E-state index contributed by atoms with van der Waals surface area (Å²) in [6, 6.07) is 28.0. The number of hydrogen-bond acceptors (Lipinski definition) is 16. The summed E-state index contributed by atoms with van der Waals surface area (Å²) < 4.78 is 0. The van der Waals surface area contributed by atoms with Crippen molar-refractivity contribution in [2.75, 3.05) is 26.4 Å². The minimum atomic E-state index is -0.376. The van der Waals surface area contributed by atoms with Crippen molar-refractivity contribution in [1.29, 1.82) is 0 Å². The number of hydrogen-bond donors (Lipinski definition) is 8. The Morgan fingerprint density at radius 3 is 0.740 bits per heavy atom. The Labute approximate surface area is 637 Å². The number of fused-ring (bicyclic) bond motifs is 12. The Balaban J connectivity index is 0.000000123. The quantitative estimate of drug-likeness (QED) is 0.0264. The smallest absolute Gasteiger partial charge is 0.0934 e. The van der Waals surface area contributed by atoms with Crippen LogP contribution in [0.2, 0.25) is 0 Å². The topological polar surface area (TPSA) is 237 Å². The van der Waals surface area contributed by atoms with Crippen molar-refractivity contribution >= 4 is 45.3 Å². The summed E-state index contributed by atoms with van der Waals surface area (Å²) in [4.78, 5) is 25.3. The van der Waals surface area contributed by atoms with Gasteiger partial charge in [0.2, 0.25) is 0 Å². The molecule has 12 nitrogen and oxygen atoms in total. The molecule has 8 atom stereocenters. The average Bonchev–Trinajstić information content (AvgIpc) is 1.56. The molecule has 8 aliphatic rings. The Morgan fingerprint density at radius 2 is 0.548 bits per heavy atom. The largest absolute Gasteiger partial charge is 0.394 e. The molecule has 8 aromatic rings. The number of unbranched alkanes of at least 4 members (excludes halogenated alkanes) is 8. The third-order valence-electron chi connectivity index (χ3n) is 24.7. The van der Waals surface area contributed by atoms with Gasteiger partial charge >= 0.3 is 0 Å². The predicted octanol–water partition coefficient (Wildman–Crippen LogP) is 18.4. The van der Waals surface area contributed by atoms with E-state index in [4.69, 9.17) is 42.9 Å². The summed E-state index contributed by atoms with van der Waals surface area (Å²) in [6.45, 7) is 9.39. The fraction of sp³-hybridized carbons (Fsp3) is 0.591. The minimum absolute atomic E-state index is 0.0967. The molecule has 8 aliphatic carbocycles. The SMILES string of the molecule is CCCCCc1nc2c(s1)-c1ccc([C@@H]3CC[C@@](N)(CO)C3)cc1CC2.CCCCCc1nc2c(s1)-c1ccc([C@@H]3CC[C@](N)(CO)C3)cc1CC2.CCCCCc1nc2c(s1)-c1ccc([C@H]3CC[C@@](N)(CO)C3)cc1CC2.CCCCCc1nc2c(s1)-c1ccc([C@H]3CC[C@](N)(CO)C3)cc1CC2. The molecular formula is C88H120N8O4S4. The lowest BCUT2D eigenvalue weighted by Crippen LogP contribution is -2.40. The van der Waals surface area contributed by atoms with Crippen LogP contribution in [0.5, 0.6) is 0 Å². The third-order valence-corrected chi connectivity index (χ3v) is 29.4. The van der Waals surface area contributed by atoms with Crippen LogP contribution < -0.4 is 22.9 Å². The van der Waals surface area contributed by atoms with Gasteiger partial charge in [0.15, 0.2) is 0 Å². The van der Waals surface area contributed by atoms with Crippen molar-refractivity contribution in [3.8, 4) is 41.8 Å². The van der Waals surface area contributed by atoms with E-state index < -0.39 is 0 Å². The second-order valence-electron chi connectivity index (χ2n) is 32.9. The van der Waals surface area contributed by atoms with Gasteiger partial charge in [-0.15, -0.1) is 45.3 Å². The molecule has 0 saturated heterocycles. The van der Waals surface area contributed by atoms with Crippen LogP contribution in [0.4, 0.5) is 0 Å². The number of aliphatic hydroxyl groups excluding tert-OH is 4. The zero-order chi connectivity index (χ0) is 72.6. The average molecular weight is 1480 g/mol. The lowest BCUT2D eigenvalue weighted by atomic mass is 9.87. The molecule has 4 aromatic carbocycles. The van der Waals surface area contributed by atoms with Gasteiger partial charge in [-0.2, -0.15) is 0 Å². The van der Waals surface area contributed by atoms with Crippen molar-refractivity contribution in [2.45, 2.75) is 305 Å². The lowest BCUT2D eigenvalue weighted by molar-refractivity contribution is 0.198. The van der Waals surface area contributed by atoms with Crippen molar-refractivity contribution in [3.05, 3.63) is 160 Å². The van der Waals surface area contributed by atoms with Crippen LogP contribution in [-0.2, 0) is 77.0 Å². The van der Waals surface area contributed by atoms with Crippen molar-refractivity contribution in [3.63, 3.8) is 0 Å². The second kappa shape index (κ2) is 34.8. The van der Waals surface area contributed by atoms with Crippen LogP contribution in [0, 0.1) is 0 Å². The van der Waals surface area contributed by atoms with Crippen molar-refractivity contribution < 1.29 is 20.4 Å². The van der Waals surface area contributed by atoms with E-state index >= 15 is 0 Å². The molecule has 0 spiro atoms. The van der Waals surface area contributed by atoms with E-state index in [1.165, 1.54) is 206 Å². The first-order valence-electron chi connectivity index (χ1n) is 40.5. The highest BCUT2D eigenvalue weighted by atomic mass is 32.1. The maximum absolute atomic E-state index is 9.54. The monoisotopic (exact) mass is 1480 g/mol. The van der Waals surface area contributed by atoms with Gasteiger partial charge in [0.1, 0.15) is 0 Å². The molecule has 0 unspecified atom stereocenters. The van der Waals surface area contributed by atoms with Crippen LogP contribution in [0.15, 0.2) is 72.8 Å². The minimum Gasteiger partial charge on any atom is -0.394 e. The number of thiazole rings is 4. The van der Waals surface area contributed by atoms with Crippen LogP contribution in [0.25, 0.3) is 41.8 Å². The molecule has 4 saturated carbocycles. The van der Waals surface area contributed by atoms with E-state index in [2.05, 4.69) is 100 Å². The molecule has 16 heteroatoms. The summed E-state index contributed by atoms with van der Waals surface area (Å²) in [5, 5.41) is 43.4. The van der Waals surface area contributed by atoms with E-state index in [1.807, 2.05) is 45.3 Å². The molecule has 560 valence electrons. The molecule has 4 aromatic heterocycles. The molecule has 16 rings (SSSR count). The van der Waals surface area contributed by atoms with Gasteiger partial charge in [-0.3, -0.25) is 0 Å². The Morgan fingerprint density at radius 1 is 0.327 bits per heavy atom. The Hall–Kier alpha value is -4.92. The first-order chi connectivity index (χ1) is 50.5. The Kier molecular flexibility index (Phi) is 25.8. The van der Waals surface area contributed by atoms with Gasteiger partial charge in [0.25, 0.3) is 0 Å². The molecule has 4 heterocycles.